The molecule has 0 spiro atoms. The third kappa shape index (κ3) is 19.6. The first-order valence-corrected chi connectivity index (χ1v) is 10.4. The molecule has 0 heterocycles. The van der Waals surface area contributed by atoms with E-state index in [1.54, 1.807) is 6.26 Å². The van der Waals surface area contributed by atoms with E-state index < -0.39 is 0 Å². The van der Waals surface area contributed by atoms with Gasteiger partial charge in [-0.25, -0.2) is 0 Å². The molecule has 0 unspecified atom stereocenters. The second kappa shape index (κ2) is 21.5. The van der Waals surface area contributed by atoms with Gasteiger partial charge in [0.25, 0.3) is 0 Å². The van der Waals surface area contributed by atoms with E-state index >= 15 is 0 Å². The van der Waals surface area contributed by atoms with Crippen LogP contribution in [0.5, 0.6) is 0 Å². The molecule has 0 aliphatic heterocycles. The standard InChI is InChI=1S/C21H42O4/c1-4-7-12-18-24-21(25-19-13-8-5-2)15-11-9-10-14-17-23-20-22-16-6-3/h14,17,21H,4-13,15-16,18-20H2,1-3H3. The molecule has 0 aromatic carbocycles. The summed E-state index contributed by atoms with van der Waals surface area (Å²) in [5.41, 5.74) is 0. The van der Waals surface area contributed by atoms with Gasteiger partial charge in [-0.15, -0.1) is 0 Å². The van der Waals surface area contributed by atoms with Crippen molar-refractivity contribution in [2.24, 2.45) is 0 Å². The Kier molecular flexibility index (Phi) is 21.0. The molecule has 0 atom stereocenters. The summed E-state index contributed by atoms with van der Waals surface area (Å²) < 4.78 is 22.4. The van der Waals surface area contributed by atoms with Crippen molar-refractivity contribution in [2.75, 3.05) is 26.6 Å². The molecule has 0 aromatic heterocycles. The lowest BCUT2D eigenvalue weighted by molar-refractivity contribution is -0.147. The van der Waals surface area contributed by atoms with E-state index in [1.165, 1.54) is 25.7 Å². The molecule has 4 heteroatoms. The molecule has 0 rings (SSSR count). The summed E-state index contributed by atoms with van der Waals surface area (Å²) in [5.74, 6) is 0. The van der Waals surface area contributed by atoms with Gasteiger partial charge in [-0.3, -0.25) is 0 Å². The van der Waals surface area contributed by atoms with Gasteiger partial charge in [0, 0.05) is 13.2 Å². The minimum Gasteiger partial charge on any atom is -0.475 e. The Hall–Kier alpha value is -0.580. The summed E-state index contributed by atoms with van der Waals surface area (Å²) in [7, 11) is 0. The Balaban J connectivity index is 3.70. The van der Waals surface area contributed by atoms with E-state index in [2.05, 4.69) is 26.8 Å². The molecule has 0 saturated carbocycles. The van der Waals surface area contributed by atoms with Crippen molar-refractivity contribution in [3.8, 4) is 0 Å². The fourth-order valence-corrected chi connectivity index (χ4v) is 2.35. The van der Waals surface area contributed by atoms with Crippen LogP contribution in [0.4, 0.5) is 0 Å². The van der Waals surface area contributed by atoms with Crippen LogP contribution in [0.25, 0.3) is 0 Å². The number of rotatable bonds is 20. The quantitative estimate of drug-likeness (QED) is 0.147. The highest BCUT2D eigenvalue weighted by Gasteiger charge is 2.08. The zero-order chi connectivity index (χ0) is 18.4. The Morgan fingerprint density at radius 3 is 2.00 bits per heavy atom. The lowest BCUT2D eigenvalue weighted by Gasteiger charge is -2.18. The summed E-state index contributed by atoms with van der Waals surface area (Å²) in [6.45, 7) is 9.26. The lowest BCUT2D eigenvalue weighted by atomic mass is 10.2. The second-order valence-electron chi connectivity index (χ2n) is 6.43. The zero-order valence-corrected chi connectivity index (χ0v) is 17.0. The van der Waals surface area contributed by atoms with Gasteiger partial charge in [-0.1, -0.05) is 46.5 Å². The molecule has 0 aliphatic rings. The van der Waals surface area contributed by atoms with E-state index in [1.807, 2.05) is 0 Å². The van der Waals surface area contributed by atoms with E-state index in [-0.39, 0.29) is 6.29 Å². The molecular formula is C21H42O4. The Morgan fingerprint density at radius 1 is 0.720 bits per heavy atom. The van der Waals surface area contributed by atoms with Crippen LogP contribution < -0.4 is 0 Å². The SMILES string of the molecule is CCCCCOC(CCCCC=COCOCCC)OCCCCC. The van der Waals surface area contributed by atoms with Crippen molar-refractivity contribution < 1.29 is 18.9 Å². The molecule has 0 N–H and O–H groups in total. The Labute approximate surface area is 156 Å². The summed E-state index contributed by atoms with van der Waals surface area (Å²) in [4.78, 5) is 0. The molecule has 0 saturated heterocycles. The first kappa shape index (κ1) is 24.4. The highest BCUT2D eigenvalue weighted by Crippen LogP contribution is 2.11. The summed E-state index contributed by atoms with van der Waals surface area (Å²) in [6, 6.07) is 0. The number of hydrogen-bond donors (Lipinski definition) is 0. The van der Waals surface area contributed by atoms with Gasteiger partial charge in [0.1, 0.15) is 0 Å². The van der Waals surface area contributed by atoms with Crippen molar-refractivity contribution in [3.05, 3.63) is 12.3 Å². The largest absolute Gasteiger partial charge is 0.475 e. The highest BCUT2D eigenvalue weighted by molar-refractivity contribution is 4.72. The van der Waals surface area contributed by atoms with Crippen molar-refractivity contribution in [1.29, 1.82) is 0 Å². The Bertz CT molecular complexity index is 257. The summed E-state index contributed by atoms with van der Waals surface area (Å²) in [5, 5.41) is 0. The number of ether oxygens (including phenoxy) is 4. The molecule has 150 valence electrons. The van der Waals surface area contributed by atoms with Crippen LogP contribution in [0.1, 0.15) is 91.4 Å². The molecule has 0 aromatic rings. The monoisotopic (exact) mass is 358 g/mol. The predicted octanol–water partition coefficient (Wildman–Crippen LogP) is 6.20. The van der Waals surface area contributed by atoms with Gasteiger partial charge in [-0.2, -0.15) is 0 Å². The van der Waals surface area contributed by atoms with Crippen LogP contribution in [-0.2, 0) is 18.9 Å². The number of allylic oxidation sites excluding steroid dienone is 1. The molecule has 25 heavy (non-hydrogen) atoms. The van der Waals surface area contributed by atoms with Gasteiger partial charge in [-0.05, 0) is 51.0 Å². The third-order valence-electron chi connectivity index (χ3n) is 3.86. The smallest absolute Gasteiger partial charge is 0.188 e. The second-order valence-corrected chi connectivity index (χ2v) is 6.43. The first-order chi connectivity index (χ1) is 12.3. The number of hydrogen-bond acceptors (Lipinski definition) is 4. The van der Waals surface area contributed by atoms with Gasteiger partial charge >= 0.3 is 0 Å². The molecule has 0 aliphatic carbocycles. The normalized spacial score (nSPS) is 11.7. The fourth-order valence-electron chi connectivity index (χ4n) is 2.35. The zero-order valence-electron chi connectivity index (χ0n) is 17.0. The first-order valence-electron chi connectivity index (χ1n) is 10.4. The summed E-state index contributed by atoms with van der Waals surface area (Å²) in [6.07, 6.45) is 16.2. The predicted molar refractivity (Wildman–Crippen MR) is 105 cm³/mol. The lowest BCUT2D eigenvalue weighted by Crippen LogP contribution is -2.19. The third-order valence-corrected chi connectivity index (χ3v) is 3.86. The molecule has 0 radical (unpaired) electrons. The van der Waals surface area contributed by atoms with Crippen LogP contribution in [0.15, 0.2) is 12.3 Å². The topological polar surface area (TPSA) is 36.9 Å². The van der Waals surface area contributed by atoms with Crippen molar-refractivity contribution in [3.63, 3.8) is 0 Å². The van der Waals surface area contributed by atoms with E-state index in [0.29, 0.717) is 6.79 Å². The van der Waals surface area contributed by atoms with Gasteiger partial charge in [0.15, 0.2) is 13.1 Å². The van der Waals surface area contributed by atoms with Crippen molar-refractivity contribution in [2.45, 2.75) is 97.7 Å². The molecule has 0 fully saturated rings. The average molecular weight is 359 g/mol. The highest BCUT2D eigenvalue weighted by atomic mass is 16.7. The maximum absolute atomic E-state index is 5.93. The molecule has 4 nitrogen and oxygen atoms in total. The molecular weight excluding hydrogens is 316 g/mol. The van der Waals surface area contributed by atoms with Crippen LogP contribution in [0, 0.1) is 0 Å². The maximum Gasteiger partial charge on any atom is 0.188 e. The fraction of sp³-hybridized carbons (Fsp3) is 0.905. The molecule has 0 amide bonds. The van der Waals surface area contributed by atoms with E-state index in [4.69, 9.17) is 18.9 Å². The Morgan fingerprint density at radius 2 is 1.40 bits per heavy atom. The minimum atomic E-state index is -0.0311. The van der Waals surface area contributed by atoms with Crippen LogP contribution in [0.2, 0.25) is 0 Å². The van der Waals surface area contributed by atoms with Crippen LogP contribution >= 0.6 is 0 Å². The van der Waals surface area contributed by atoms with Crippen LogP contribution in [-0.4, -0.2) is 32.9 Å². The van der Waals surface area contributed by atoms with Crippen LogP contribution in [0.3, 0.4) is 0 Å². The van der Waals surface area contributed by atoms with E-state index in [9.17, 15) is 0 Å². The maximum atomic E-state index is 5.93. The average Bonchev–Trinajstić information content (AvgIpc) is 2.63. The van der Waals surface area contributed by atoms with Crippen molar-refractivity contribution in [1.82, 2.24) is 0 Å². The van der Waals surface area contributed by atoms with Crippen molar-refractivity contribution >= 4 is 0 Å². The van der Waals surface area contributed by atoms with E-state index in [0.717, 1.165) is 64.8 Å². The molecule has 0 bridgehead atoms. The van der Waals surface area contributed by atoms with Gasteiger partial charge in [0.2, 0.25) is 0 Å². The summed E-state index contributed by atoms with van der Waals surface area (Å²) >= 11 is 0. The number of unbranched alkanes of at least 4 members (excludes halogenated alkanes) is 6. The minimum absolute atomic E-state index is 0.0311. The van der Waals surface area contributed by atoms with Gasteiger partial charge < -0.3 is 18.9 Å². The van der Waals surface area contributed by atoms with Gasteiger partial charge in [0.05, 0.1) is 12.9 Å².